The van der Waals surface area contributed by atoms with Crippen molar-refractivity contribution in [2.24, 2.45) is 0 Å². The van der Waals surface area contributed by atoms with E-state index in [9.17, 15) is 18.0 Å². The Kier molecular flexibility index (Phi) is 8.36. The molecule has 0 spiro atoms. The number of aromatic nitrogens is 1. The molecule has 6 nitrogen and oxygen atoms in total. The first kappa shape index (κ1) is 27.3. The summed E-state index contributed by atoms with van der Waals surface area (Å²) in [6.07, 6.45) is -3.81. The molecule has 2 heterocycles. The van der Waals surface area contributed by atoms with Gasteiger partial charge >= 0.3 is 6.18 Å². The summed E-state index contributed by atoms with van der Waals surface area (Å²) in [5, 5.41) is 4.90. The first-order chi connectivity index (χ1) is 17.6. The number of rotatable bonds is 7. The number of hydrogen-bond acceptors (Lipinski definition) is 5. The SMILES string of the molecule is Cc1c(-c2ccccc2C(F)(F)F)noc1C(=O)N(C)CCCN1CCN(c2cccc(Cl)c2Cl)CC1. The van der Waals surface area contributed by atoms with Gasteiger partial charge < -0.3 is 14.3 Å². The number of benzene rings is 2. The highest BCUT2D eigenvalue weighted by Gasteiger charge is 2.35. The minimum Gasteiger partial charge on any atom is -0.368 e. The van der Waals surface area contributed by atoms with Crippen LogP contribution in [0.3, 0.4) is 0 Å². The molecule has 198 valence electrons. The van der Waals surface area contributed by atoms with Gasteiger partial charge in [0.25, 0.3) is 5.91 Å². The molecule has 0 radical (unpaired) electrons. The molecular weight excluding hydrogens is 528 g/mol. The Labute approximate surface area is 223 Å². The van der Waals surface area contributed by atoms with Gasteiger partial charge in [0.15, 0.2) is 0 Å². The number of piperazine rings is 1. The van der Waals surface area contributed by atoms with Gasteiger partial charge in [-0.2, -0.15) is 13.2 Å². The highest BCUT2D eigenvalue weighted by atomic mass is 35.5. The van der Waals surface area contributed by atoms with Crippen molar-refractivity contribution in [3.63, 3.8) is 0 Å². The van der Waals surface area contributed by atoms with Crippen LogP contribution in [0.1, 0.15) is 28.1 Å². The summed E-state index contributed by atoms with van der Waals surface area (Å²) in [5.74, 6) is -0.470. The summed E-state index contributed by atoms with van der Waals surface area (Å²) in [4.78, 5) is 19.0. The Morgan fingerprint density at radius 1 is 1.08 bits per heavy atom. The van der Waals surface area contributed by atoms with Crippen LogP contribution < -0.4 is 4.90 Å². The fourth-order valence-electron chi connectivity index (χ4n) is 4.48. The number of hydrogen-bond donors (Lipinski definition) is 0. The van der Waals surface area contributed by atoms with E-state index >= 15 is 0 Å². The summed E-state index contributed by atoms with van der Waals surface area (Å²) in [6, 6.07) is 10.7. The number of carbonyl (C=O) groups excluding carboxylic acids is 1. The van der Waals surface area contributed by atoms with Crippen molar-refractivity contribution in [2.45, 2.75) is 19.5 Å². The Morgan fingerprint density at radius 3 is 2.49 bits per heavy atom. The van der Waals surface area contributed by atoms with Crippen molar-refractivity contribution >= 4 is 34.8 Å². The van der Waals surface area contributed by atoms with E-state index in [4.69, 9.17) is 27.7 Å². The van der Waals surface area contributed by atoms with Crippen LogP contribution in [0.4, 0.5) is 18.9 Å². The highest BCUT2D eigenvalue weighted by molar-refractivity contribution is 6.43. The van der Waals surface area contributed by atoms with E-state index < -0.39 is 17.6 Å². The maximum absolute atomic E-state index is 13.4. The van der Waals surface area contributed by atoms with Gasteiger partial charge in [0.1, 0.15) is 5.69 Å². The normalized spacial score (nSPS) is 14.7. The largest absolute Gasteiger partial charge is 0.417 e. The number of amides is 1. The van der Waals surface area contributed by atoms with Crippen LogP contribution >= 0.6 is 23.2 Å². The highest BCUT2D eigenvalue weighted by Crippen LogP contribution is 2.38. The van der Waals surface area contributed by atoms with Gasteiger partial charge in [-0.15, -0.1) is 0 Å². The lowest BCUT2D eigenvalue weighted by Crippen LogP contribution is -2.47. The van der Waals surface area contributed by atoms with Crippen LogP contribution in [0.25, 0.3) is 11.3 Å². The number of alkyl halides is 3. The average molecular weight is 555 g/mol. The van der Waals surface area contributed by atoms with Gasteiger partial charge in [0.05, 0.1) is 21.3 Å². The average Bonchev–Trinajstić information content (AvgIpc) is 3.26. The summed E-state index contributed by atoms with van der Waals surface area (Å²) in [7, 11) is 1.65. The van der Waals surface area contributed by atoms with Crippen molar-refractivity contribution in [3.8, 4) is 11.3 Å². The molecule has 1 aliphatic rings. The molecular formula is C26H27Cl2F3N4O2. The molecule has 0 N–H and O–H groups in total. The molecule has 1 aliphatic heterocycles. The quantitative estimate of drug-likeness (QED) is 0.345. The van der Waals surface area contributed by atoms with Crippen molar-refractivity contribution in [1.82, 2.24) is 15.0 Å². The second kappa shape index (κ2) is 11.3. The molecule has 1 saturated heterocycles. The molecule has 0 aliphatic carbocycles. The van der Waals surface area contributed by atoms with Gasteiger partial charge in [-0.05, 0) is 38.1 Å². The first-order valence-corrected chi connectivity index (χ1v) is 12.6. The maximum Gasteiger partial charge on any atom is 0.417 e. The van der Waals surface area contributed by atoms with Crippen LogP contribution in [0.5, 0.6) is 0 Å². The third kappa shape index (κ3) is 6.05. The van der Waals surface area contributed by atoms with Gasteiger partial charge in [-0.3, -0.25) is 9.69 Å². The minimum atomic E-state index is -4.55. The predicted octanol–water partition coefficient (Wildman–Crippen LogP) is 6.26. The molecule has 1 aromatic heterocycles. The standard InChI is InChI=1S/C26H27Cl2F3N4O2/c1-17-23(18-7-3-4-8-19(18)26(29,30)31)32-37-24(17)25(36)33(2)11-6-12-34-13-15-35(16-14-34)21-10-5-9-20(27)22(21)28/h3-5,7-10H,6,11-16H2,1-2H3. The van der Waals surface area contributed by atoms with Gasteiger partial charge in [0, 0.05) is 50.9 Å². The Morgan fingerprint density at radius 2 is 1.78 bits per heavy atom. The monoisotopic (exact) mass is 554 g/mol. The summed E-state index contributed by atoms with van der Waals surface area (Å²) < 4.78 is 45.6. The van der Waals surface area contributed by atoms with E-state index in [2.05, 4.69) is 15.0 Å². The smallest absolute Gasteiger partial charge is 0.368 e. The van der Waals surface area contributed by atoms with Crippen LogP contribution in [0.2, 0.25) is 10.0 Å². The second-order valence-electron chi connectivity index (χ2n) is 9.01. The zero-order valence-corrected chi connectivity index (χ0v) is 22.0. The molecule has 2 aromatic carbocycles. The first-order valence-electron chi connectivity index (χ1n) is 11.9. The fraction of sp³-hybridized carbons (Fsp3) is 0.385. The van der Waals surface area contributed by atoms with Crippen LogP contribution in [-0.4, -0.2) is 67.2 Å². The molecule has 3 aromatic rings. The molecule has 0 unspecified atom stereocenters. The van der Waals surface area contributed by atoms with Gasteiger partial charge in [0.2, 0.25) is 5.76 Å². The molecule has 1 amide bonds. The third-order valence-corrected chi connectivity index (χ3v) is 7.37. The van der Waals surface area contributed by atoms with Crippen LogP contribution in [0, 0.1) is 6.92 Å². The van der Waals surface area contributed by atoms with Gasteiger partial charge in [-0.1, -0.05) is 52.6 Å². The van der Waals surface area contributed by atoms with Crippen LogP contribution in [0.15, 0.2) is 47.0 Å². The van der Waals surface area contributed by atoms with E-state index in [-0.39, 0.29) is 22.6 Å². The number of carbonyl (C=O) groups is 1. The number of halogens is 5. The molecule has 0 bridgehead atoms. The Hall–Kier alpha value is -2.75. The molecule has 4 rings (SSSR count). The lowest BCUT2D eigenvalue weighted by Gasteiger charge is -2.36. The zero-order chi connectivity index (χ0) is 26.7. The molecule has 11 heteroatoms. The molecule has 0 saturated carbocycles. The van der Waals surface area contributed by atoms with Gasteiger partial charge in [-0.25, -0.2) is 0 Å². The summed E-state index contributed by atoms with van der Waals surface area (Å²) in [6.45, 7) is 6.14. The van der Waals surface area contributed by atoms with E-state index in [1.165, 1.54) is 23.1 Å². The van der Waals surface area contributed by atoms with E-state index in [0.717, 1.165) is 50.9 Å². The van der Waals surface area contributed by atoms with Crippen LogP contribution in [-0.2, 0) is 6.18 Å². The third-order valence-electron chi connectivity index (χ3n) is 6.56. The predicted molar refractivity (Wildman–Crippen MR) is 138 cm³/mol. The number of nitrogens with zero attached hydrogens (tertiary/aromatic N) is 4. The number of anilines is 1. The van der Waals surface area contributed by atoms with E-state index in [1.54, 1.807) is 20.0 Å². The fourth-order valence-corrected chi connectivity index (χ4v) is 4.89. The van der Waals surface area contributed by atoms with Crippen molar-refractivity contribution < 1.29 is 22.5 Å². The van der Waals surface area contributed by atoms with E-state index in [0.29, 0.717) is 16.6 Å². The summed E-state index contributed by atoms with van der Waals surface area (Å²) >= 11 is 12.5. The molecule has 1 fully saturated rings. The van der Waals surface area contributed by atoms with Crippen molar-refractivity contribution in [1.29, 1.82) is 0 Å². The zero-order valence-electron chi connectivity index (χ0n) is 20.5. The molecule has 0 atom stereocenters. The Balaban J connectivity index is 1.31. The summed E-state index contributed by atoms with van der Waals surface area (Å²) in [5.41, 5.74) is 0.290. The van der Waals surface area contributed by atoms with E-state index in [1.807, 2.05) is 12.1 Å². The van der Waals surface area contributed by atoms with Crippen molar-refractivity contribution in [3.05, 3.63) is 69.4 Å². The second-order valence-corrected chi connectivity index (χ2v) is 9.80. The van der Waals surface area contributed by atoms with Crippen molar-refractivity contribution in [2.75, 3.05) is 51.2 Å². The Bertz CT molecular complexity index is 1260. The minimum absolute atomic E-state index is 0.0161. The maximum atomic E-state index is 13.4. The lowest BCUT2D eigenvalue weighted by molar-refractivity contribution is -0.137. The molecule has 37 heavy (non-hydrogen) atoms. The topological polar surface area (TPSA) is 52.8 Å². The lowest BCUT2D eigenvalue weighted by atomic mass is 10.0.